The lowest BCUT2D eigenvalue weighted by molar-refractivity contribution is -0.127. The van der Waals surface area contributed by atoms with E-state index in [1.807, 2.05) is 38.1 Å². The first-order valence-corrected chi connectivity index (χ1v) is 9.22. The number of piperazine rings is 1. The second-order valence-electron chi connectivity index (χ2n) is 6.89. The molecule has 2 aromatic carbocycles. The van der Waals surface area contributed by atoms with E-state index < -0.39 is 0 Å². The van der Waals surface area contributed by atoms with Gasteiger partial charge < -0.3 is 15.1 Å². The van der Waals surface area contributed by atoms with Gasteiger partial charge in [-0.2, -0.15) is 5.26 Å². The molecule has 144 valence electrons. The molecule has 1 heterocycles. The predicted molar refractivity (Wildman–Crippen MR) is 108 cm³/mol. The number of anilines is 2. The summed E-state index contributed by atoms with van der Waals surface area (Å²) in [5, 5.41) is 12.5. The highest BCUT2D eigenvalue weighted by Gasteiger charge is 2.24. The number of nitrogens with one attached hydrogen (secondary N) is 1. The van der Waals surface area contributed by atoms with Crippen molar-refractivity contribution in [1.82, 2.24) is 4.90 Å². The fraction of sp³-hybridized carbons (Fsp3) is 0.273. The van der Waals surface area contributed by atoms with Crippen molar-refractivity contribution in [2.75, 3.05) is 36.4 Å². The second-order valence-corrected chi connectivity index (χ2v) is 6.89. The molecule has 6 heteroatoms. The first-order valence-electron chi connectivity index (χ1n) is 9.22. The van der Waals surface area contributed by atoms with Crippen molar-refractivity contribution in [2.45, 2.75) is 13.8 Å². The molecule has 1 aliphatic rings. The fourth-order valence-electron chi connectivity index (χ4n) is 3.17. The normalized spacial score (nSPS) is 14.6. The highest BCUT2D eigenvalue weighted by atomic mass is 19.1. The number of carbonyl (C=O) groups excluding carboxylic acids is 1. The Labute approximate surface area is 164 Å². The first-order chi connectivity index (χ1) is 13.5. The third kappa shape index (κ3) is 4.49. The van der Waals surface area contributed by atoms with Gasteiger partial charge in [-0.3, -0.25) is 4.79 Å². The van der Waals surface area contributed by atoms with Crippen LogP contribution in [0.25, 0.3) is 0 Å². The Morgan fingerprint density at radius 2 is 1.79 bits per heavy atom. The van der Waals surface area contributed by atoms with E-state index in [9.17, 15) is 14.4 Å². The van der Waals surface area contributed by atoms with Crippen molar-refractivity contribution in [2.24, 2.45) is 0 Å². The Morgan fingerprint density at radius 3 is 2.43 bits per heavy atom. The minimum atomic E-state index is -0.279. The second kappa shape index (κ2) is 8.57. The van der Waals surface area contributed by atoms with Crippen molar-refractivity contribution in [3.63, 3.8) is 0 Å². The van der Waals surface area contributed by atoms with E-state index in [4.69, 9.17) is 0 Å². The van der Waals surface area contributed by atoms with Crippen LogP contribution in [0.2, 0.25) is 0 Å². The van der Waals surface area contributed by atoms with Crippen molar-refractivity contribution < 1.29 is 9.18 Å². The molecule has 0 atom stereocenters. The van der Waals surface area contributed by atoms with Crippen LogP contribution in [0, 0.1) is 31.0 Å². The quantitative estimate of drug-likeness (QED) is 0.652. The topological polar surface area (TPSA) is 59.4 Å². The lowest BCUT2D eigenvalue weighted by atomic mass is 10.1. The van der Waals surface area contributed by atoms with Gasteiger partial charge in [0.25, 0.3) is 5.91 Å². The van der Waals surface area contributed by atoms with Crippen LogP contribution in [0.3, 0.4) is 0 Å². The van der Waals surface area contributed by atoms with Gasteiger partial charge in [0.2, 0.25) is 0 Å². The largest absolute Gasteiger partial charge is 0.368 e. The number of halogens is 1. The van der Waals surface area contributed by atoms with Gasteiger partial charge in [0.1, 0.15) is 17.5 Å². The Bertz CT molecular complexity index is 923. The molecule has 0 bridgehead atoms. The Morgan fingerprint density at radius 1 is 1.11 bits per heavy atom. The molecule has 0 spiro atoms. The summed E-state index contributed by atoms with van der Waals surface area (Å²) in [6, 6.07) is 14.3. The summed E-state index contributed by atoms with van der Waals surface area (Å²) in [7, 11) is 0. The van der Waals surface area contributed by atoms with Crippen LogP contribution in [0.4, 0.5) is 15.8 Å². The first kappa shape index (κ1) is 19.4. The zero-order valence-electron chi connectivity index (χ0n) is 16.1. The predicted octanol–water partition coefficient (Wildman–Crippen LogP) is 3.61. The molecular formula is C22H23FN4O. The summed E-state index contributed by atoms with van der Waals surface area (Å²) in [5.41, 5.74) is 4.03. The smallest absolute Gasteiger partial charge is 0.266 e. The maximum atomic E-state index is 13.1. The summed E-state index contributed by atoms with van der Waals surface area (Å²) in [4.78, 5) is 16.5. The fourth-order valence-corrected chi connectivity index (χ4v) is 3.17. The van der Waals surface area contributed by atoms with E-state index in [1.54, 1.807) is 17.0 Å². The van der Waals surface area contributed by atoms with Crippen LogP contribution in [-0.2, 0) is 4.79 Å². The molecule has 0 radical (unpaired) electrons. The van der Waals surface area contributed by atoms with E-state index in [0.717, 1.165) is 22.5 Å². The van der Waals surface area contributed by atoms with E-state index in [1.165, 1.54) is 18.3 Å². The van der Waals surface area contributed by atoms with Crippen LogP contribution in [0.15, 0.2) is 54.2 Å². The third-order valence-electron chi connectivity index (χ3n) is 4.87. The molecule has 5 nitrogen and oxygen atoms in total. The van der Waals surface area contributed by atoms with Crippen molar-refractivity contribution in [3.8, 4) is 6.07 Å². The van der Waals surface area contributed by atoms with Gasteiger partial charge in [-0.05, 0) is 55.3 Å². The Kier molecular flexibility index (Phi) is 5.95. The molecule has 1 saturated heterocycles. The monoisotopic (exact) mass is 378 g/mol. The molecule has 1 N–H and O–H groups in total. The van der Waals surface area contributed by atoms with E-state index in [-0.39, 0.29) is 17.3 Å². The molecule has 0 saturated carbocycles. The highest BCUT2D eigenvalue weighted by molar-refractivity contribution is 5.97. The van der Waals surface area contributed by atoms with Crippen LogP contribution in [0.1, 0.15) is 11.1 Å². The number of hydrogen-bond donors (Lipinski definition) is 1. The number of nitrogens with zero attached hydrogens (tertiary/aromatic N) is 3. The maximum Gasteiger partial charge on any atom is 0.266 e. The van der Waals surface area contributed by atoms with Gasteiger partial charge in [0, 0.05) is 43.8 Å². The molecular weight excluding hydrogens is 355 g/mol. The number of benzene rings is 2. The summed E-state index contributed by atoms with van der Waals surface area (Å²) >= 11 is 0. The van der Waals surface area contributed by atoms with Crippen LogP contribution in [-0.4, -0.2) is 37.0 Å². The molecule has 28 heavy (non-hydrogen) atoms. The SMILES string of the molecule is Cc1ccc(C)c(N/C=C(/C#N)C(=O)N2CCN(c3ccc(F)cc3)CC2)c1. The number of nitriles is 1. The number of rotatable bonds is 4. The molecule has 0 unspecified atom stereocenters. The lowest BCUT2D eigenvalue weighted by Gasteiger charge is -2.36. The molecule has 1 fully saturated rings. The molecule has 1 aliphatic heterocycles. The number of carbonyl (C=O) groups is 1. The van der Waals surface area contributed by atoms with Crippen LogP contribution >= 0.6 is 0 Å². The Balaban J connectivity index is 1.63. The maximum absolute atomic E-state index is 13.1. The minimum Gasteiger partial charge on any atom is -0.368 e. The number of hydrogen-bond acceptors (Lipinski definition) is 4. The van der Waals surface area contributed by atoms with Gasteiger partial charge in [-0.25, -0.2) is 4.39 Å². The average molecular weight is 378 g/mol. The zero-order chi connectivity index (χ0) is 20.1. The van der Waals surface area contributed by atoms with E-state index in [2.05, 4.69) is 10.2 Å². The molecule has 2 aromatic rings. The van der Waals surface area contributed by atoms with Crippen molar-refractivity contribution in [1.29, 1.82) is 5.26 Å². The number of aryl methyl sites for hydroxylation is 2. The van der Waals surface area contributed by atoms with Gasteiger partial charge in [-0.1, -0.05) is 12.1 Å². The summed E-state index contributed by atoms with van der Waals surface area (Å²) < 4.78 is 13.1. The van der Waals surface area contributed by atoms with Gasteiger partial charge in [0.15, 0.2) is 0 Å². The standard InChI is InChI=1S/C22H23FN4O/c1-16-3-4-17(2)21(13-16)25-15-18(14-24)22(28)27-11-9-26(10-12-27)20-7-5-19(23)6-8-20/h3-8,13,15,25H,9-12H2,1-2H3/b18-15-. The van der Waals surface area contributed by atoms with Crippen molar-refractivity contribution >= 4 is 17.3 Å². The summed E-state index contributed by atoms with van der Waals surface area (Å²) in [6.45, 7) is 6.27. The van der Waals surface area contributed by atoms with Gasteiger partial charge >= 0.3 is 0 Å². The molecule has 1 amide bonds. The van der Waals surface area contributed by atoms with Crippen LogP contribution < -0.4 is 10.2 Å². The lowest BCUT2D eigenvalue weighted by Crippen LogP contribution is -2.49. The van der Waals surface area contributed by atoms with Crippen molar-refractivity contribution in [3.05, 3.63) is 71.2 Å². The zero-order valence-corrected chi connectivity index (χ0v) is 16.1. The summed E-state index contributed by atoms with van der Waals surface area (Å²) in [6.07, 6.45) is 1.48. The van der Waals surface area contributed by atoms with Gasteiger partial charge in [-0.15, -0.1) is 0 Å². The Hall–Kier alpha value is -3.33. The van der Waals surface area contributed by atoms with E-state index in [0.29, 0.717) is 26.2 Å². The molecule has 0 aromatic heterocycles. The molecule has 0 aliphatic carbocycles. The van der Waals surface area contributed by atoms with Gasteiger partial charge in [0.05, 0.1) is 0 Å². The van der Waals surface area contributed by atoms with Crippen LogP contribution in [0.5, 0.6) is 0 Å². The summed E-state index contributed by atoms with van der Waals surface area (Å²) in [5.74, 6) is -0.545. The number of amides is 1. The average Bonchev–Trinajstić information content (AvgIpc) is 2.71. The minimum absolute atomic E-state index is 0.0798. The van der Waals surface area contributed by atoms with E-state index >= 15 is 0 Å². The third-order valence-corrected chi connectivity index (χ3v) is 4.87. The molecule has 3 rings (SSSR count). The highest BCUT2D eigenvalue weighted by Crippen LogP contribution is 2.19.